The number of rotatable bonds is 9. The number of carbonyl (C=O) groups is 2. The fourth-order valence-electron chi connectivity index (χ4n) is 1.38. The second-order valence-electron chi connectivity index (χ2n) is 3.96. The van der Waals surface area contributed by atoms with Gasteiger partial charge in [0.25, 0.3) is 0 Å². The molecule has 1 amide bonds. The topological polar surface area (TPSA) is 83.5 Å². The van der Waals surface area contributed by atoms with Crippen LogP contribution in [-0.2, 0) is 20.4 Å². The van der Waals surface area contributed by atoms with Gasteiger partial charge >= 0.3 is 5.97 Å². The molecule has 0 heterocycles. The number of hydrogen-bond acceptors (Lipinski definition) is 3. The SMILES string of the molecule is CCCCCCS(=O)CC(NC(C)=O)C(=O)O. The molecule has 2 unspecified atom stereocenters. The van der Waals surface area contributed by atoms with Gasteiger partial charge in [0, 0.05) is 23.5 Å². The summed E-state index contributed by atoms with van der Waals surface area (Å²) in [6.07, 6.45) is 4.06. The standard InChI is InChI=1S/C11H21NO4S/c1-3-4-5-6-7-17(16)8-10(11(14)15)12-9(2)13/h10H,3-8H2,1-2H3,(H,12,13)(H,14,15). The lowest BCUT2D eigenvalue weighted by Gasteiger charge is -2.12. The second-order valence-corrected chi connectivity index (χ2v) is 5.58. The molecule has 0 saturated heterocycles. The van der Waals surface area contributed by atoms with E-state index in [-0.39, 0.29) is 5.75 Å². The molecule has 2 N–H and O–H groups in total. The molecule has 0 aliphatic heterocycles. The number of aliphatic carboxylic acids is 1. The van der Waals surface area contributed by atoms with E-state index in [1.54, 1.807) is 0 Å². The zero-order valence-electron chi connectivity index (χ0n) is 10.4. The third-order valence-electron chi connectivity index (χ3n) is 2.25. The van der Waals surface area contributed by atoms with Crippen molar-refractivity contribution in [2.24, 2.45) is 0 Å². The Bertz CT molecular complexity index is 281. The monoisotopic (exact) mass is 263 g/mol. The van der Waals surface area contributed by atoms with E-state index in [0.29, 0.717) is 5.75 Å². The number of nitrogens with one attached hydrogen (secondary N) is 1. The summed E-state index contributed by atoms with van der Waals surface area (Å²) in [6.45, 7) is 3.34. The van der Waals surface area contributed by atoms with Crippen LogP contribution in [0, 0.1) is 0 Å². The molecule has 100 valence electrons. The molecule has 0 bridgehead atoms. The van der Waals surface area contributed by atoms with Crippen LogP contribution in [0.1, 0.15) is 39.5 Å². The number of unbranched alkanes of at least 4 members (excludes halogenated alkanes) is 3. The first-order chi connectivity index (χ1) is 7.97. The number of carbonyl (C=O) groups excluding carboxylic acids is 1. The van der Waals surface area contributed by atoms with Gasteiger partial charge in [-0.25, -0.2) is 4.79 Å². The highest BCUT2D eigenvalue weighted by molar-refractivity contribution is 7.85. The van der Waals surface area contributed by atoms with E-state index in [1.807, 2.05) is 0 Å². The van der Waals surface area contributed by atoms with Crippen LogP contribution in [-0.4, -0.2) is 38.7 Å². The van der Waals surface area contributed by atoms with E-state index < -0.39 is 28.7 Å². The van der Waals surface area contributed by atoms with E-state index in [2.05, 4.69) is 12.2 Å². The van der Waals surface area contributed by atoms with Gasteiger partial charge in [-0.2, -0.15) is 0 Å². The van der Waals surface area contributed by atoms with Crippen molar-refractivity contribution in [1.29, 1.82) is 0 Å². The molecule has 17 heavy (non-hydrogen) atoms. The maximum absolute atomic E-state index is 11.6. The molecule has 0 radical (unpaired) electrons. The van der Waals surface area contributed by atoms with Crippen molar-refractivity contribution in [3.63, 3.8) is 0 Å². The zero-order valence-corrected chi connectivity index (χ0v) is 11.2. The molecule has 0 aliphatic rings. The van der Waals surface area contributed by atoms with Crippen molar-refractivity contribution in [1.82, 2.24) is 5.32 Å². The van der Waals surface area contributed by atoms with E-state index in [9.17, 15) is 13.8 Å². The molecule has 0 aromatic carbocycles. The van der Waals surface area contributed by atoms with Gasteiger partial charge in [-0.05, 0) is 6.42 Å². The van der Waals surface area contributed by atoms with Crippen molar-refractivity contribution in [2.45, 2.75) is 45.6 Å². The Balaban J connectivity index is 3.96. The molecule has 6 heteroatoms. The molecular formula is C11H21NO4S. The van der Waals surface area contributed by atoms with Gasteiger partial charge in [0.2, 0.25) is 5.91 Å². The third-order valence-corrected chi connectivity index (χ3v) is 3.70. The van der Waals surface area contributed by atoms with Crippen LogP contribution in [0.2, 0.25) is 0 Å². The lowest BCUT2D eigenvalue weighted by Crippen LogP contribution is -2.43. The average Bonchev–Trinajstić information content (AvgIpc) is 2.22. The van der Waals surface area contributed by atoms with Gasteiger partial charge < -0.3 is 10.4 Å². The molecule has 0 rings (SSSR count). The lowest BCUT2D eigenvalue weighted by atomic mass is 10.2. The van der Waals surface area contributed by atoms with E-state index in [0.717, 1.165) is 25.7 Å². The number of hydrogen-bond donors (Lipinski definition) is 2. The summed E-state index contributed by atoms with van der Waals surface area (Å²) in [6, 6.07) is -1.04. The summed E-state index contributed by atoms with van der Waals surface area (Å²) >= 11 is 0. The van der Waals surface area contributed by atoms with Gasteiger partial charge in [0.05, 0.1) is 5.75 Å². The summed E-state index contributed by atoms with van der Waals surface area (Å²) in [5.41, 5.74) is 0. The second kappa shape index (κ2) is 9.15. The summed E-state index contributed by atoms with van der Waals surface area (Å²) in [5, 5.41) is 11.1. The predicted molar refractivity (Wildman–Crippen MR) is 67.3 cm³/mol. The van der Waals surface area contributed by atoms with Gasteiger partial charge in [0.15, 0.2) is 0 Å². The number of carboxylic acids is 1. The largest absolute Gasteiger partial charge is 0.480 e. The fraction of sp³-hybridized carbons (Fsp3) is 0.818. The van der Waals surface area contributed by atoms with Crippen molar-refractivity contribution >= 4 is 22.7 Å². The average molecular weight is 263 g/mol. The van der Waals surface area contributed by atoms with Crippen LogP contribution in [0.4, 0.5) is 0 Å². The molecule has 2 atom stereocenters. The maximum atomic E-state index is 11.6. The Morgan fingerprint density at radius 2 is 1.94 bits per heavy atom. The minimum atomic E-state index is -1.19. The van der Waals surface area contributed by atoms with Gasteiger partial charge in [-0.1, -0.05) is 26.2 Å². The molecule has 0 fully saturated rings. The van der Waals surface area contributed by atoms with Crippen LogP contribution < -0.4 is 5.32 Å². The highest BCUT2D eigenvalue weighted by Crippen LogP contribution is 2.01. The lowest BCUT2D eigenvalue weighted by molar-refractivity contribution is -0.140. The Morgan fingerprint density at radius 1 is 1.29 bits per heavy atom. The predicted octanol–water partition coefficient (Wildman–Crippen LogP) is 0.905. The van der Waals surface area contributed by atoms with Crippen LogP contribution in [0.5, 0.6) is 0 Å². The van der Waals surface area contributed by atoms with Crippen molar-refractivity contribution in [3.05, 3.63) is 0 Å². The molecule has 0 aromatic heterocycles. The van der Waals surface area contributed by atoms with Crippen LogP contribution in [0.25, 0.3) is 0 Å². The fourth-order valence-corrected chi connectivity index (χ4v) is 2.67. The van der Waals surface area contributed by atoms with Crippen molar-refractivity contribution in [2.75, 3.05) is 11.5 Å². The van der Waals surface area contributed by atoms with E-state index in [4.69, 9.17) is 5.11 Å². The molecule has 0 spiro atoms. The molecular weight excluding hydrogens is 242 g/mol. The van der Waals surface area contributed by atoms with E-state index >= 15 is 0 Å². The first kappa shape index (κ1) is 16.1. The number of carboxylic acid groups (broad SMARTS) is 1. The van der Waals surface area contributed by atoms with Crippen LogP contribution in [0.3, 0.4) is 0 Å². The zero-order chi connectivity index (χ0) is 13.3. The maximum Gasteiger partial charge on any atom is 0.327 e. The first-order valence-electron chi connectivity index (χ1n) is 5.82. The first-order valence-corrected chi connectivity index (χ1v) is 7.31. The molecule has 5 nitrogen and oxygen atoms in total. The minimum absolute atomic E-state index is 0.0129. The Hall–Kier alpha value is -0.910. The highest BCUT2D eigenvalue weighted by Gasteiger charge is 2.20. The normalized spacial score (nSPS) is 14.0. The van der Waals surface area contributed by atoms with Crippen LogP contribution >= 0.6 is 0 Å². The summed E-state index contributed by atoms with van der Waals surface area (Å²) in [5.74, 6) is -1.06. The van der Waals surface area contributed by atoms with Gasteiger partial charge in [0.1, 0.15) is 6.04 Å². The van der Waals surface area contributed by atoms with E-state index in [1.165, 1.54) is 6.92 Å². The summed E-state index contributed by atoms with van der Waals surface area (Å²) < 4.78 is 11.6. The Labute approximate surface area is 104 Å². The number of amides is 1. The summed E-state index contributed by atoms with van der Waals surface area (Å²) in [7, 11) is -1.19. The quantitative estimate of drug-likeness (QED) is 0.605. The van der Waals surface area contributed by atoms with Crippen molar-refractivity contribution < 1.29 is 18.9 Å². The smallest absolute Gasteiger partial charge is 0.327 e. The Kier molecular flexibility index (Phi) is 8.66. The van der Waals surface area contributed by atoms with Crippen LogP contribution in [0.15, 0.2) is 0 Å². The Morgan fingerprint density at radius 3 is 2.41 bits per heavy atom. The molecule has 0 saturated carbocycles. The van der Waals surface area contributed by atoms with Crippen molar-refractivity contribution in [3.8, 4) is 0 Å². The minimum Gasteiger partial charge on any atom is -0.480 e. The molecule has 0 aromatic rings. The van der Waals surface area contributed by atoms with Gasteiger partial charge in [-0.15, -0.1) is 0 Å². The summed E-state index contributed by atoms with van der Waals surface area (Å²) in [4.78, 5) is 21.6. The molecule has 0 aliphatic carbocycles. The van der Waals surface area contributed by atoms with Gasteiger partial charge in [-0.3, -0.25) is 9.00 Å². The highest BCUT2D eigenvalue weighted by atomic mass is 32.2. The third kappa shape index (κ3) is 8.85.